The summed E-state index contributed by atoms with van der Waals surface area (Å²) in [5.74, 6) is 0.380. The highest BCUT2D eigenvalue weighted by molar-refractivity contribution is 5.18. The smallest absolute Gasteiger partial charge is 0.126 e. The zero-order valence-corrected chi connectivity index (χ0v) is 12.6. The molecule has 1 fully saturated rings. The van der Waals surface area contributed by atoms with Crippen molar-refractivity contribution in [3.8, 4) is 0 Å². The van der Waals surface area contributed by atoms with E-state index in [1.54, 1.807) is 0 Å². The number of hydrogen-bond acceptors (Lipinski definition) is 2. The molecule has 1 aromatic carbocycles. The summed E-state index contributed by atoms with van der Waals surface area (Å²) in [5.41, 5.74) is 1.30. The molecule has 1 heterocycles. The zero-order chi connectivity index (χ0) is 14.2. The van der Waals surface area contributed by atoms with Crippen molar-refractivity contribution in [1.29, 1.82) is 0 Å². The minimum Gasteiger partial charge on any atom is -0.385 e. The van der Waals surface area contributed by atoms with Crippen LogP contribution in [-0.2, 0) is 4.74 Å². The molecule has 3 nitrogen and oxygen atoms in total. The maximum absolute atomic E-state index is 10.0. The Morgan fingerprint density at radius 2 is 1.80 bits per heavy atom. The largest absolute Gasteiger partial charge is 0.385 e. The van der Waals surface area contributed by atoms with Crippen LogP contribution in [-0.4, -0.2) is 44.1 Å². The molecule has 20 heavy (non-hydrogen) atoms. The molecule has 1 aromatic rings. The normalized spacial score (nSPS) is 19.7. The summed E-state index contributed by atoms with van der Waals surface area (Å²) in [6.07, 6.45) is 3.62. The Bertz CT molecular complexity index is 363. The molecule has 0 amide bonds. The van der Waals surface area contributed by atoms with Crippen LogP contribution in [0.5, 0.6) is 0 Å². The first kappa shape index (κ1) is 15.5. The monoisotopic (exact) mass is 278 g/mol. The van der Waals surface area contributed by atoms with Gasteiger partial charge in [-0.05, 0) is 24.8 Å². The van der Waals surface area contributed by atoms with E-state index >= 15 is 0 Å². The maximum Gasteiger partial charge on any atom is 0.126 e. The quantitative estimate of drug-likeness (QED) is 0.787. The van der Waals surface area contributed by atoms with Gasteiger partial charge < -0.3 is 14.7 Å². The van der Waals surface area contributed by atoms with Crippen LogP contribution in [0.3, 0.4) is 0 Å². The van der Waals surface area contributed by atoms with Gasteiger partial charge in [0.25, 0.3) is 0 Å². The number of nitrogens with one attached hydrogen (secondary N) is 1. The second-order valence-electron chi connectivity index (χ2n) is 6.02. The fourth-order valence-electron chi connectivity index (χ4n) is 2.91. The van der Waals surface area contributed by atoms with E-state index in [4.69, 9.17) is 4.74 Å². The molecule has 0 aromatic heterocycles. The van der Waals surface area contributed by atoms with Gasteiger partial charge in [-0.3, -0.25) is 0 Å². The van der Waals surface area contributed by atoms with Gasteiger partial charge in [-0.2, -0.15) is 0 Å². The molecule has 0 radical (unpaired) electrons. The lowest BCUT2D eigenvalue weighted by Gasteiger charge is -2.25. The number of piperidine rings is 1. The fraction of sp³-hybridized carbons (Fsp3) is 0.647. The van der Waals surface area contributed by atoms with Crippen molar-refractivity contribution in [2.24, 2.45) is 0 Å². The van der Waals surface area contributed by atoms with Crippen LogP contribution in [0.15, 0.2) is 30.3 Å². The van der Waals surface area contributed by atoms with Crippen molar-refractivity contribution in [2.75, 3.05) is 32.8 Å². The molecule has 0 spiro atoms. The highest BCUT2D eigenvalue weighted by atomic mass is 16.5. The Balaban J connectivity index is 1.62. The Labute approximate surface area is 122 Å². The second-order valence-corrected chi connectivity index (χ2v) is 6.02. The predicted octanol–water partition coefficient (Wildman–Crippen LogP) is 1.24. The second kappa shape index (κ2) is 8.40. The number of quaternary nitrogens is 1. The van der Waals surface area contributed by atoms with Crippen LogP contribution in [0.1, 0.15) is 37.7 Å². The number of ether oxygens (including phenoxy) is 1. The lowest BCUT2D eigenvalue weighted by atomic mass is 10.0. The summed E-state index contributed by atoms with van der Waals surface area (Å²) in [4.78, 5) is 1.53. The molecular formula is C17H28NO2+. The summed E-state index contributed by atoms with van der Waals surface area (Å²) in [6.45, 7) is 6.54. The minimum atomic E-state index is -0.328. The minimum absolute atomic E-state index is 0.328. The number of hydrogen-bond donors (Lipinski definition) is 2. The molecule has 112 valence electrons. The van der Waals surface area contributed by atoms with Gasteiger partial charge in [0.05, 0.1) is 26.3 Å². The predicted molar refractivity (Wildman–Crippen MR) is 81.1 cm³/mol. The summed E-state index contributed by atoms with van der Waals surface area (Å²) in [5, 5.41) is 10.0. The molecule has 0 bridgehead atoms. The van der Waals surface area contributed by atoms with E-state index in [2.05, 4.69) is 31.2 Å². The van der Waals surface area contributed by atoms with E-state index in [-0.39, 0.29) is 6.10 Å². The molecule has 0 aliphatic carbocycles. The van der Waals surface area contributed by atoms with Crippen LogP contribution >= 0.6 is 0 Å². The molecule has 2 rings (SSSR count). The molecule has 1 saturated heterocycles. The maximum atomic E-state index is 10.0. The number of rotatable bonds is 7. The Morgan fingerprint density at radius 1 is 1.10 bits per heavy atom. The summed E-state index contributed by atoms with van der Waals surface area (Å²) < 4.78 is 5.69. The van der Waals surface area contributed by atoms with Gasteiger partial charge in [0, 0.05) is 5.92 Å². The first-order valence-electron chi connectivity index (χ1n) is 7.90. The summed E-state index contributed by atoms with van der Waals surface area (Å²) in [6, 6.07) is 10.4. The van der Waals surface area contributed by atoms with E-state index in [9.17, 15) is 5.11 Å². The Hall–Kier alpha value is -0.900. The van der Waals surface area contributed by atoms with Crippen LogP contribution in [0, 0.1) is 0 Å². The van der Waals surface area contributed by atoms with Gasteiger partial charge in [-0.25, -0.2) is 0 Å². The van der Waals surface area contributed by atoms with Crippen molar-refractivity contribution in [1.82, 2.24) is 0 Å². The average Bonchev–Trinajstić information content (AvgIpc) is 2.49. The first-order chi connectivity index (χ1) is 9.75. The Kier molecular flexibility index (Phi) is 6.51. The van der Waals surface area contributed by atoms with Crippen LogP contribution in [0.4, 0.5) is 0 Å². The number of likely N-dealkylation sites (tertiary alicyclic amines) is 1. The van der Waals surface area contributed by atoms with Gasteiger partial charge in [0.15, 0.2) is 0 Å². The van der Waals surface area contributed by atoms with Crippen LogP contribution in [0.25, 0.3) is 0 Å². The number of aliphatic hydroxyl groups is 1. The first-order valence-corrected chi connectivity index (χ1v) is 7.90. The van der Waals surface area contributed by atoms with E-state index in [0.717, 1.165) is 6.54 Å². The van der Waals surface area contributed by atoms with Crippen molar-refractivity contribution >= 4 is 0 Å². The van der Waals surface area contributed by atoms with E-state index in [0.29, 0.717) is 19.1 Å². The molecular weight excluding hydrogens is 250 g/mol. The number of benzene rings is 1. The van der Waals surface area contributed by atoms with E-state index in [1.807, 2.05) is 6.07 Å². The molecule has 2 N–H and O–H groups in total. The molecule has 2 atom stereocenters. The third-order valence-electron chi connectivity index (χ3n) is 4.13. The number of aliphatic hydroxyl groups excluding tert-OH is 1. The van der Waals surface area contributed by atoms with Crippen LogP contribution in [0.2, 0.25) is 0 Å². The molecule has 1 aliphatic rings. The lowest BCUT2D eigenvalue weighted by molar-refractivity contribution is -0.908. The van der Waals surface area contributed by atoms with Gasteiger partial charge in [0.2, 0.25) is 0 Å². The van der Waals surface area contributed by atoms with Crippen molar-refractivity contribution < 1.29 is 14.7 Å². The standard InChI is InChI=1S/C17H27NO2/c1-15(16-8-4-2-5-9-16)13-20-14-17(19)12-18-10-6-3-7-11-18/h2,4-5,8-9,15,17,19H,3,6-7,10-14H2,1H3/p+1/t15-,17-/m1/s1. The molecule has 0 saturated carbocycles. The molecule has 3 heteroatoms. The lowest BCUT2D eigenvalue weighted by Crippen LogP contribution is -3.14. The zero-order valence-electron chi connectivity index (χ0n) is 12.6. The highest BCUT2D eigenvalue weighted by Gasteiger charge is 2.18. The third-order valence-corrected chi connectivity index (χ3v) is 4.13. The van der Waals surface area contributed by atoms with Crippen molar-refractivity contribution in [3.05, 3.63) is 35.9 Å². The highest BCUT2D eigenvalue weighted by Crippen LogP contribution is 2.14. The van der Waals surface area contributed by atoms with Gasteiger partial charge in [-0.15, -0.1) is 0 Å². The van der Waals surface area contributed by atoms with Crippen molar-refractivity contribution in [3.63, 3.8) is 0 Å². The van der Waals surface area contributed by atoms with Gasteiger partial charge in [-0.1, -0.05) is 37.3 Å². The van der Waals surface area contributed by atoms with E-state index in [1.165, 1.54) is 42.8 Å². The fourth-order valence-corrected chi connectivity index (χ4v) is 2.91. The average molecular weight is 278 g/mol. The third kappa shape index (κ3) is 5.23. The summed E-state index contributed by atoms with van der Waals surface area (Å²) in [7, 11) is 0. The SMILES string of the molecule is C[C@H](COC[C@H](O)C[NH+]1CCCCC1)c1ccccc1. The van der Waals surface area contributed by atoms with Crippen molar-refractivity contribution in [2.45, 2.75) is 38.2 Å². The van der Waals surface area contributed by atoms with Gasteiger partial charge in [0.1, 0.15) is 12.6 Å². The topological polar surface area (TPSA) is 33.9 Å². The molecule has 0 unspecified atom stereocenters. The van der Waals surface area contributed by atoms with Gasteiger partial charge >= 0.3 is 0 Å². The Morgan fingerprint density at radius 3 is 2.50 bits per heavy atom. The van der Waals surface area contributed by atoms with E-state index < -0.39 is 0 Å². The molecule has 1 aliphatic heterocycles. The van der Waals surface area contributed by atoms with Crippen LogP contribution < -0.4 is 4.90 Å². The summed E-state index contributed by atoms with van der Waals surface area (Å²) >= 11 is 0.